The van der Waals surface area contributed by atoms with Crippen molar-refractivity contribution in [3.63, 3.8) is 0 Å². The van der Waals surface area contributed by atoms with Gasteiger partial charge in [-0.1, -0.05) is 11.4 Å². The van der Waals surface area contributed by atoms with Crippen LogP contribution in [0.4, 0.5) is 14.6 Å². The highest BCUT2D eigenvalue weighted by Crippen LogP contribution is 2.50. The van der Waals surface area contributed by atoms with Crippen LogP contribution in [0.2, 0.25) is 0 Å². The Kier molecular flexibility index (Phi) is 6.04. The van der Waals surface area contributed by atoms with Crippen molar-refractivity contribution in [2.24, 2.45) is 5.92 Å². The Hall–Kier alpha value is -2.09. The minimum absolute atomic E-state index is 0.0339. The molecule has 2 aromatic rings. The average molecular weight is 394 g/mol. The standard InChI is InChI=1S/C19H24F2N4OS/c1-4-24(14(2)7-9-27-13-16-11-19(16,20)21)18-10-17(23-25(18)26-3)15-6-5-8-22-12-15/h5-6,8,10,12,16H,2,4,7,9,11,13H2,1,3H3. The molecule has 1 fully saturated rings. The van der Waals surface area contributed by atoms with Gasteiger partial charge in [-0.15, -0.1) is 5.10 Å². The van der Waals surface area contributed by atoms with Gasteiger partial charge in [0, 0.05) is 54.4 Å². The zero-order chi connectivity index (χ0) is 19.4. The Balaban J connectivity index is 1.63. The van der Waals surface area contributed by atoms with E-state index >= 15 is 0 Å². The second kappa shape index (κ2) is 8.29. The van der Waals surface area contributed by atoms with E-state index in [2.05, 4.69) is 16.7 Å². The lowest BCUT2D eigenvalue weighted by Gasteiger charge is -2.24. The number of nitrogens with zero attached hydrogens (tertiary/aromatic N) is 4. The number of hydrogen-bond donors (Lipinski definition) is 0. The van der Waals surface area contributed by atoms with Crippen LogP contribution in [0.15, 0.2) is 42.9 Å². The molecule has 0 aliphatic heterocycles. The molecule has 0 bridgehead atoms. The summed E-state index contributed by atoms with van der Waals surface area (Å²) >= 11 is 1.56. The maximum Gasteiger partial charge on any atom is 0.252 e. The molecule has 0 saturated heterocycles. The SMILES string of the molecule is C=C(CCSCC1CC1(F)F)N(CC)c1cc(-c2cccnc2)nn1OC. The highest BCUT2D eigenvalue weighted by atomic mass is 32.2. The Bertz CT molecular complexity index is 781. The predicted octanol–water partition coefficient (Wildman–Crippen LogP) is 4.12. The Morgan fingerprint density at radius 3 is 2.89 bits per heavy atom. The van der Waals surface area contributed by atoms with Gasteiger partial charge < -0.3 is 9.74 Å². The first-order valence-corrected chi connectivity index (χ1v) is 10.1. The van der Waals surface area contributed by atoms with Gasteiger partial charge in [0.1, 0.15) is 7.11 Å². The lowest BCUT2D eigenvalue weighted by atomic mass is 10.2. The fraction of sp³-hybridized carbons (Fsp3) is 0.474. The van der Waals surface area contributed by atoms with Crippen molar-refractivity contribution in [3.8, 4) is 11.3 Å². The molecule has 8 heteroatoms. The monoisotopic (exact) mass is 394 g/mol. The van der Waals surface area contributed by atoms with Gasteiger partial charge in [0.15, 0.2) is 5.82 Å². The summed E-state index contributed by atoms with van der Waals surface area (Å²) in [5.74, 6) is -0.836. The molecule has 5 nitrogen and oxygen atoms in total. The van der Waals surface area contributed by atoms with Crippen LogP contribution in [0.3, 0.4) is 0 Å². The Morgan fingerprint density at radius 1 is 1.52 bits per heavy atom. The summed E-state index contributed by atoms with van der Waals surface area (Å²) in [4.78, 5) is 13.0. The zero-order valence-corrected chi connectivity index (χ0v) is 16.4. The first kappa shape index (κ1) is 19.7. The smallest absolute Gasteiger partial charge is 0.252 e. The average Bonchev–Trinajstić information content (AvgIpc) is 3.08. The fourth-order valence-corrected chi connectivity index (χ4v) is 4.07. The molecule has 1 aliphatic rings. The molecular formula is C19H24F2N4OS. The summed E-state index contributed by atoms with van der Waals surface area (Å²) in [7, 11) is 1.56. The number of allylic oxidation sites excluding steroid dienone is 1. The van der Waals surface area contributed by atoms with Crippen LogP contribution in [0.5, 0.6) is 0 Å². The third kappa shape index (κ3) is 4.61. The van der Waals surface area contributed by atoms with E-state index < -0.39 is 11.8 Å². The molecule has 146 valence electrons. The fourth-order valence-electron chi connectivity index (χ4n) is 2.87. The number of pyridine rings is 1. The van der Waals surface area contributed by atoms with Crippen molar-refractivity contribution in [1.82, 2.24) is 14.9 Å². The quantitative estimate of drug-likeness (QED) is 0.567. The largest absolute Gasteiger partial charge is 0.398 e. The van der Waals surface area contributed by atoms with Crippen LogP contribution in [0.25, 0.3) is 11.3 Å². The molecule has 2 aromatic heterocycles. The highest BCUT2D eigenvalue weighted by molar-refractivity contribution is 7.99. The Morgan fingerprint density at radius 2 is 2.30 bits per heavy atom. The van der Waals surface area contributed by atoms with E-state index in [1.165, 1.54) is 4.85 Å². The van der Waals surface area contributed by atoms with Gasteiger partial charge in [-0.3, -0.25) is 4.98 Å². The summed E-state index contributed by atoms with van der Waals surface area (Å²) in [5.41, 5.74) is 2.57. The van der Waals surface area contributed by atoms with Gasteiger partial charge in [0.2, 0.25) is 0 Å². The van der Waals surface area contributed by atoms with E-state index in [1.54, 1.807) is 31.3 Å². The number of aromatic nitrogens is 3. The number of rotatable bonds is 10. The number of alkyl halides is 2. The normalized spacial score (nSPS) is 17.6. The minimum Gasteiger partial charge on any atom is -0.398 e. The first-order chi connectivity index (χ1) is 13.0. The molecule has 0 spiro atoms. The third-order valence-electron chi connectivity index (χ3n) is 4.57. The van der Waals surface area contributed by atoms with Gasteiger partial charge in [0.05, 0.1) is 5.69 Å². The number of halogens is 2. The molecule has 27 heavy (non-hydrogen) atoms. The van der Waals surface area contributed by atoms with Crippen LogP contribution >= 0.6 is 11.8 Å². The molecule has 2 heterocycles. The molecule has 0 N–H and O–H groups in total. The summed E-state index contributed by atoms with van der Waals surface area (Å²) in [6.45, 7) is 6.90. The molecule has 1 unspecified atom stereocenters. The molecule has 0 aromatic carbocycles. The maximum atomic E-state index is 12.9. The Labute approximate surface area is 162 Å². The van der Waals surface area contributed by atoms with E-state index in [0.29, 0.717) is 18.7 Å². The van der Waals surface area contributed by atoms with Gasteiger partial charge in [0.25, 0.3) is 5.92 Å². The molecule has 3 rings (SSSR count). The lowest BCUT2D eigenvalue weighted by molar-refractivity contribution is 0.103. The maximum absolute atomic E-state index is 12.9. The molecule has 1 saturated carbocycles. The van der Waals surface area contributed by atoms with Crippen molar-refractivity contribution in [1.29, 1.82) is 0 Å². The summed E-state index contributed by atoms with van der Waals surface area (Å²) in [6.07, 6.45) is 4.22. The van der Waals surface area contributed by atoms with Crippen LogP contribution < -0.4 is 9.74 Å². The summed E-state index contributed by atoms with van der Waals surface area (Å²) < 4.78 is 25.9. The van der Waals surface area contributed by atoms with Crippen molar-refractivity contribution in [2.75, 3.05) is 30.1 Å². The van der Waals surface area contributed by atoms with Gasteiger partial charge in [-0.25, -0.2) is 8.78 Å². The number of thioether (sulfide) groups is 1. The second-order valence-electron chi connectivity index (χ2n) is 6.48. The van der Waals surface area contributed by atoms with E-state index in [0.717, 1.165) is 28.5 Å². The molecule has 0 amide bonds. The molecule has 1 atom stereocenters. The van der Waals surface area contributed by atoms with Gasteiger partial charge in [-0.05, 0) is 31.2 Å². The molecular weight excluding hydrogens is 370 g/mol. The van der Waals surface area contributed by atoms with Crippen LogP contribution in [-0.4, -0.2) is 46.0 Å². The van der Waals surface area contributed by atoms with Crippen molar-refractivity contribution in [2.45, 2.75) is 25.7 Å². The van der Waals surface area contributed by atoms with Crippen LogP contribution in [0.1, 0.15) is 19.8 Å². The first-order valence-electron chi connectivity index (χ1n) is 8.92. The summed E-state index contributed by atoms with van der Waals surface area (Å²) in [5, 5.41) is 4.48. The van der Waals surface area contributed by atoms with Crippen molar-refractivity contribution >= 4 is 17.6 Å². The lowest BCUT2D eigenvalue weighted by Crippen LogP contribution is -2.26. The number of anilines is 1. The van der Waals surface area contributed by atoms with Crippen LogP contribution in [-0.2, 0) is 0 Å². The van der Waals surface area contributed by atoms with E-state index in [-0.39, 0.29) is 6.42 Å². The van der Waals surface area contributed by atoms with Gasteiger partial charge in [-0.2, -0.15) is 11.8 Å². The predicted molar refractivity (Wildman–Crippen MR) is 105 cm³/mol. The zero-order valence-electron chi connectivity index (χ0n) is 15.6. The molecule has 1 aliphatic carbocycles. The third-order valence-corrected chi connectivity index (χ3v) is 5.71. The van der Waals surface area contributed by atoms with Crippen LogP contribution in [0, 0.1) is 5.92 Å². The summed E-state index contributed by atoms with van der Waals surface area (Å²) in [6, 6.07) is 5.74. The molecule has 0 radical (unpaired) electrons. The topological polar surface area (TPSA) is 43.2 Å². The number of hydrogen-bond acceptors (Lipinski definition) is 5. The highest BCUT2D eigenvalue weighted by Gasteiger charge is 2.56. The van der Waals surface area contributed by atoms with Gasteiger partial charge >= 0.3 is 0 Å². The van der Waals surface area contributed by atoms with Crippen molar-refractivity contribution < 1.29 is 13.6 Å². The minimum atomic E-state index is -2.44. The van der Waals surface area contributed by atoms with Crippen molar-refractivity contribution in [3.05, 3.63) is 42.9 Å². The van der Waals surface area contributed by atoms with E-state index in [9.17, 15) is 8.78 Å². The second-order valence-corrected chi connectivity index (χ2v) is 7.63. The van der Waals surface area contributed by atoms with E-state index in [1.807, 2.05) is 30.0 Å². The van der Waals surface area contributed by atoms with E-state index in [4.69, 9.17) is 4.84 Å².